The molecule has 0 amide bonds. The summed E-state index contributed by atoms with van der Waals surface area (Å²) in [7, 11) is 0. The Morgan fingerprint density at radius 3 is 2.92 bits per heavy atom. The summed E-state index contributed by atoms with van der Waals surface area (Å²) in [6.45, 7) is 4.37. The Hall–Kier alpha value is -0.320. The molecular formula is C9H14N2OS. The molecule has 2 rings (SSSR count). The SMILES string of the molecule is O=CC1=CCC(N2CCNCC2)S1. The molecule has 2 heterocycles. The summed E-state index contributed by atoms with van der Waals surface area (Å²) < 4.78 is 0. The summed E-state index contributed by atoms with van der Waals surface area (Å²) in [6, 6.07) is 0. The van der Waals surface area contributed by atoms with E-state index in [4.69, 9.17) is 0 Å². The smallest absolute Gasteiger partial charge is 0.156 e. The van der Waals surface area contributed by atoms with Gasteiger partial charge in [0.25, 0.3) is 0 Å². The van der Waals surface area contributed by atoms with Crippen LogP contribution in [0.5, 0.6) is 0 Å². The first kappa shape index (κ1) is 9.24. The zero-order valence-corrected chi connectivity index (χ0v) is 8.35. The van der Waals surface area contributed by atoms with E-state index in [1.807, 2.05) is 6.08 Å². The van der Waals surface area contributed by atoms with Gasteiger partial charge in [-0.2, -0.15) is 0 Å². The number of hydrogen-bond donors (Lipinski definition) is 1. The minimum absolute atomic E-state index is 0.516. The number of thioether (sulfide) groups is 1. The molecule has 0 aromatic heterocycles. The van der Waals surface area contributed by atoms with E-state index in [0.717, 1.165) is 43.8 Å². The molecule has 0 radical (unpaired) electrons. The highest BCUT2D eigenvalue weighted by Gasteiger charge is 2.24. The average Bonchev–Trinajstić information content (AvgIpc) is 2.67. The van der Waals surface area contributed by atoms with Gasteiger partial charge < -0.3 is 5.32 Å². The standard InChI is InChI=1S/C9H14N2OS/c12-7-8-1-2-9(13-8)11-5-3-10-4-6-11/h1,7,9-10H,2-6H2. The lowest BCUT2D eigenvalue weighted by atomic mass is 10.3. The summed E-state index contributed by atoms with van der Waals surface area (Å²) in [5.41, 5.74) is 0. The van der Waals surface area contributed by atoms with Gasteiger partial charge in [-0.3, -0.25) is 9.69 Å². The molecule has 0 spiro atoms. The average molecular weight is 198 g/mol. The molecule has 0 aromatic carbocycles. The fraction of sp³-hybridized carbons (Fsp3) is 0.667. The van der Waals surface area contributed by atoms with Gasteiger partial charge in [0.2, 0.25) is 0 Å². The minimum atomic E-state index is 0.516. The van der Waals surface area contributed by atoms with Crippen molar-refractivity contribution in [2.24, 2.45) is 0 Å². The third-order valence-corrected chi connectivity index (χ3v) is 3.77. The highest BCUT2D eigenvalue weighted by atomic mass is 32.2. The van der Waals surface area contributed by atoms with Crippen LogP contribution in [0.2, 0.25) is 0 Å². The Bertz CT molecular complexity index is 224. The zero-order valence-electron chi connectivity index (χ0n) is 7.53. The second-order valence-corrected chi connectivity index (χ2v) is 4.57. The van der Waals surface area contributed by atoms with Crippen LogP contribution in [0.15, 0.2) is 11.0 Å². The molecule has 0 aromatic rings. The first-order valence-electron chi connectivity index (χ1n) is 4.67. The van der Waals surface area contributed by atoms with Crippen molar-refractivity contribution in [2.75, 3.05) is 26.2 Å². The largest absolute Gasteiger partial charge is 0.314 e. The number of rotatable bonds is 2. The number of nitrogens with one attached hydrogen (secondary N) is 1. The van der Waals surface area contributed by atoms with Crippen molar-refractivity contribution < 1.29 is 4.79 Å². The Morgan fingerprint density at radius 1 is 1.54 bits per heavy atom. The summed E-state index contributed by atoms with van der Waals surface area (Å²) >= 11 is 1.71. The maximum absolute atomic E-state index is 10.5. The van der Waals surface area contributed by atoms with Crippen molar-refractivity contribution in [1.82, 2.24) is 10.2 Å². The molecule has 4 heteroatoms. The number of piperazine rings is 1. The topological polar surface area (TPSA) is 32.3 Å². The number of carbonyl (C=O) groups is 1. The second kappa shape index (κ2) is 4.26. The van der Waals surface area contributed by atoms with Crippen LogP contribution in [0.1, 0.15) is 6.42 Å². The molecule has 3 nitrogen and oxygen atoms in total. The second-order valence-electron chi connectivity index (χ2n) is 3.32. The number of carbonyl (C=O) groups excluding carboxylic acids is 1. The van der Waals surface area contributed by atoms with E-state index in [2.05, 4.69) is 10.2 Å². The van der Waals surface area contributed by atoms with Crippen LogP contribution in [0.4, 0.5) is 0 Å². The zero-order chi connectivity index (χ0) is 9.10. The molecule has 0 bridgehead atoms. The molecule has 72 valence electrons. The Labute approximate surface area is 82.6 Å². The van der Waals surface area contributed by atoms with Gasteiger partial charge in [0.1, 0.15) is 0 Å². The van der Waals surface area contributed by atoms with Crippen LogP contribution in [0, 0.1) is 0 Å². The number of aldehydes is 1. The highest BCUT2D eigenvalue weighted by molar-refractivity contribution is 8.04. The van der Waals surface area contributed by atoms with Gasteiger partial charge in [-0.15, -0.1) is 11.8 Å². The molecule has 0 aliphatic carbocycles. The Kier molecular flexibility index (Phi) is 3.03. The van der Waals surface area contributed by atoms with Gasteiger partial charge in [-0.05, 0) is 6.42 Å². The Balaban J connectivity index is 1.86. The summed E-state index contributed by atoms with van der Waals surface area (Å²) in [4.78, 5) is 13.9. The molecule has 1 atom stereocenters. The number of hydrogen-bond acceptors (Lipinski definition) is 4. The first-order valence-corrected chi connectivity index (χ1v) is 5.55. The molecule has 0 saturated carbocycles. The van der Waals surface area contributed by atoms with Gasteiger partial charge >= 0.3 is 0 Å². The van der Waals surface area contributed by atoms with E-state index in [1.165, 1.54) is 0 Å². The third-order valence-electron chi connectivity index (χ3n) is 2.47. The van der Waals surface area contributed by atoms with E-state index in [-0.39, 0.29) is 0 Å². The molecule has 2 aliphatic heterocycles. The van der Waals surface area contributed by atoms with Gasteiger partial charge in [0.05, 0.1) is 5.37 Å². The quantitative estimate of drug-likeness (QED) is 0.653. The molecule has 1 saturated heterocycles. The normalized spacial score (nSPS) is 30.2. The lowest BCUT2D eigenvalue weighted by molar-refractivity contribution is -0.104. The van der Waals surface area contributed by atoms with Gasteiger partial charge in [0, 0.05) is 31.1 Å². The van der Waals surface area contributed by atoms with Crippen LogP contribution in [0.3, 0.4) is 0 Å². The van der Waals surface area contributed by atoms with E-state index in [9.17, 15) is 4.79 Å². The van der Waals surface area contributed by atoms with Crippen molar-refractivity contribution in [1.29, 1.82) is 0 Å². The van der Waals surface area contributed by atoms with Gasteiger partial charge in [-0.25, -0.2) is 0 Å². The fourth-order valence-electron chi connectivity index (χ4n) is 1.74. The molecule has 1 fully saturated rings. The van der Waals surface area contributed by atoms with Crippen LogP contribution in [-0.2, 0) is 4.79 Å². The van der Waals surface area contributed by atoms with Gasteiger partial charge in [-0.1, -0.05) is 6.08 Å². The van der Waals surface area contributed by atoms with Gasteiger partial charge in [0.15, 0.2) is 6.29 Å². The maximum atomic E-state index is 10.5. The van der Waals surface area contributed by atoms with Crippen molar-refractivity contribution >= 4 is 18.0 Å². The molecule has 13 heavy (non-hydrogen) atoms. The number of allylic oxidation sites excluding steroid dienone is 1. The first-order chi connectivity index (χ1) is 6.40. The van der Waals surface area contributed by atoms with E-state index in [1.54, 1.807) is 11.8 Å². The predicted octanol–water partition coefficient (Wildman–Crippen LogP) is 0.437. The molecule has 1 N–H and O–H groups in total. The van der Waals surface area contributed by atoms with E-state index >= 15 is 0 Å². The number of nitrogens with zero attached hydrogens (tertiary/aromatic N) is 1. The highest BCUT2D eigenvalue weighted by Crippen LogP contribution is 2.32. The predicted molar refractivity (Wildman–Crippen MR) is 54.6 cm³/mol. The molecular weight excluding hydrogens is 184 g/mol. The van der Waals surface area contributed by atoms with E-state index in [0.29, 0.717) is 5.37 Å². The molecule has 1 unspecified atom stereocenters. The van der Waals surface area contributed by atoms with Crippen molar-refractivity contribution in [3.05, 3.63) is 11.0 Å². The van der Waals surface area contributed by atoms with E-state index < -0.39 is 0 Å². The maximum Gasteiger partial charge on any atom is 0.156 e. The minimum Gasteiger partial charge on any atom is -0.314 e. The lowest BCUT2D eigenvalue weighted by Crippen LogP contribution is -2.46. The Morgan fingerprint density at radius 2 is 2.31 bits per heavy atom. The lowest BCUT2D eigenvalue weighted by Gasteiger charge is -2.31. The van der Waals surface area contributed by atoms with Crippen molar-refractivity contribution in [3.8, 4) is 0 Å². The molecule has 2 aliphatic rings. The summed E-state index contributed by atoms with van der Waals surface area (Å²) in [5.74, 6) is 0. The fourth-order valence-corrected chi connectivity index (χ4v) is 2.85. The third kappa shape index (κ3) is 2.13. The summed E-state index contributed by atoms with van der Waals surface area (Å²) in [6.07, 6.45) is 4.04. The van der Waals surface area contributed by atoms with Crippen LogP contribution in [-0.4, -0.2) is 42.7 Å². The summed E-state index contributed by atoms with van der Waals surface area (Å²) in [5, 5.41) is 3.84. The van der Waals surface area contributed by atoms with Crippen LogP contribution < -0.4 is 5.32 Å². The van der Waals surface area contributed by atoms with Crippen LogP contribution in [0.25, 0.3) is 0 Å². The monoisotopic (exact) mass is 198 g/mol. The van der Waals surface area contributed by atoms with Crippen LogP contribution >= 0.6 is 11.8 Å². The van der Waals surface area contributed by atoms with Crippen molar-refractivity contribution in [3.63, 3.8) is 0 Å². The van der Waals surface area contributed by atoms with Crippen molar-refractivity contribution in [2.45, 2.75) is 11.8 Å².